The smallest absolute Gasteiger partial charge is 0.290 e. The molecule has 0 saturated carbocycles. The number of nitrogens with zero attached hydrogens (tertiary/aromatic N) is 2. The Labute approximate surface area is 198 Å². The van der Waals surface area contributed by atoms with Crippen molar-refractivity contribution in [2.75, 3.05) is 6.54 Å². The molecule has 5 heteroatoms. The van der Waals surface area contributed by atoms with Crippen molar-refractivity contribution >= 4 is 11.7 Å². The molecule has 1 atom stereocenters. The lowest BCUT2D eigenvalue weighted by Crippen LogP contribution is -2.27. The van der Waals surface area contributed by atoms with E-state index in [4.69, 9.17) is 10.00 Å². The number of carbonyl (C=O) groups excluding carboxylic acids is 2. The molecule has 0 N–H and O–H groups in total. The standard InChI is InChI=1S/C29H22N2O3/c30-17-20-11-13-22(14-12-20)25-15-24(16-27(32)23-9-5-2-6-10-23)34-28-26(25)19-31(29(28)33)18-21-7-3-1-4-8-21/h1-15,25H,16,18-19H2/t25-/m1/s1. The van der Waals surface area contributed by atoms with E-state index < -0.39 is 0 Å². The molecule has 0 aliphatic carbocycles. The summed E-state index contributed by atoms with van der Waals surface area (Å²) < 4.78 is 6.06. The van der Waals surface area contributed by atoms with Gasteiger partial charge in [-0.05, 0) is 29.3 Å². The van der Waals surface area contributed by atoms with Crippen LogP contribution < -0.4 is 0 Å². The zero-order valence-electron chi connectivity index (χ0n) is 18.5. The molecule has 3 aromatic carbocycles. The monoisotopic (exact) mass is 446 g/mol. The van der Waals surface area contributed by atoms with E-state index in [0.717, 1.165) is 16.7 Å². The summed E-state index contributed by atoms with van der Waals surface area (Å²) in [5.41, 5.74) is 4.04. The largest absolute Gasteiger partial charge is 0.456 e. The lowest BCUT2D eigenvalue weighted by atomic mass is 9.87. The van der Waals surface area contributed by atoms with Gasteiger partial charge in [-0.2, -0.15) is 5.26 Å². The molecule has 2 aliphatic rings. The number of hydrogen-bond donors (Lipinski definition) is 0. The molecule has 0 saturated heterocycles. The molecular formula is C29H22N2O3. The number of hydrogen-bond acceptors (Lipinski definition) is 4. The van der Waals surface area contributed by atoms with Crippen molar-refractivity contribution in [1.82, 2.24) is 4.90 Å². The van der Waals surface area contributed by atoms with E-state index in [1.54, 1.807) is 29.2 Å². The second kappa shape index (κ2) is 9.21. The van der Waals surface area contributed by atoms with E-state index in [9.17, 15) is 9.59 Å². The highest BCUT2D eigenvalue weighted by Gasteiger charge is 2.39. The minimum Gasteiger partial charge on any atom is -0.456 e. The Bertz CT molecular complexity index is 1330. The Morgan fingerprint density at radius 2 is 1.65 bits per heavy atom. The minimum absolute atomic E-state index is 0.0685. The molecule has 2 heterocycles. The van der Waals surface area contributed by atoms with Gasteiger partial charge in [-0.1, -0.05) is 72.8 Å². The summed E-state index contributed by atoms with van der Waals surface area (Å²) in [6.07, 6.45) is 2.00. The van der Waals surface area contributed by atoms with E-state index in [2.05, 4.69) is 6.07 Å². The van der Waals surface area contributed by atoms with Crippen LogP contribution in [0.25, 0.3) is 0 Å². The molecule has 5 nitrogen and oxygen atoms in total. The zero-order chi connectivity index (χ0) is 23.5. The average molecular weight is 447 g/mol. The summed E-state index contributed by atoms with van der Waals surface area (Å²) in [7, 11) is 0. The van der Waals surface area contributed by atoms with Crippen LogP contribution in [0, 0.1) is 11.3 Å². The van der Waals surface area contributed by atoms with Crippen LogP contribution in [0.15, 0.2) is 108 Å². The lowest BCUT2D eigenvalue weighted by Gasteiger charge is -2.23. The van der Waals surface area contributed by atoms with E-state index in [-0.39, 0.29) is 24.0 Å². The first-order chi connectivity index (χ1) is 16.6. The number of ether oxygens (including phenoxy) is 1. The third-order valence-corrected chi connectivity index (χ3v) is 6.14. The predicted octanol–water partition coefficient (Wildman–Crippen LogP) is 5.13. The van der Waals surface area contributed by atoms with Gasteiger partial charge in [-0.15, -0.1) is 0 Å². The molecule has 0 spiro atoms. The molecule has 166 valence electrons. The van der Waals surface area contributed by atoms with Crippen LogP contribution in [-0.4, -0.2) is 23.1 Å². The van der Waals surface area contributed by atoms with Crippen LogP contribution in [0.4, 0.5) is 0 Å². The summed E-state index contributed by atoms with van der Waals surface area (Å²) in [5.74, 6) is 0.330. The van der Waals surface area contributed by atoms with Crippen LogP contribution in [0.5, 0.6) is 0 Å². The van der Waals surface area contributed by atoms with Gasteiger partial charge >= 0.3 is 0 Å². The summed E-state index contributed by atoms with van der Waals surface area (Å²) in [4.78, 5) is 27.9. The van der Waals surface area contributed by atoms with Gasteiger partial charge in [0.05, 0.1) is 18.1 Å². The van der Waals surface area contributed by atoms with E-state index in [1.807, 2.05) is 66.7 Å². The fourth-order valence-electron chi connectivity index (χ4n) is 4.40. The third-order valence-electron chi connectivity index (χ3n) is 6.14. The summed E-state index contributed by atoms with van der Waals surface area (Å²) >= 11 is 0. The van der Waals surface area contributed by atoms with Gasteiger partial charge in [-0.25, -0.2) is 0 Å². The van der Waals surface area contributed by atoms with E-state index in [0.29, 0.717) is 35.7 Å². The van der Waals surface area contributed by atoms with Crippen LogP contribution in [0.1, 0.15) is 39.4 Å². The van der Waals surface area contributed by atoms with Crippen molar-refractivity contribution < 1.29 is 14.3 Å². The van der Waals surface area contributed by atoms with Crippen molar-refractivity contribution in [2.24, 2.45) is 0 Å². The third kappa shape index (κ3) is 4.26. The molecule has 34 heavy (non-hydrogen) atoms. The first-order valence-electron chi connectivity index (χ1n) is 11.2. The number of ketones is 1. The molecule has 0 aromatic heterocycles. The number of Topliss-reactive ketones (excluding diaryl/α,β-unsaturated/α-hetero) is 1. The molecule has 2 aliphatic heterocycles. The highest BCUT2D eigenvalue weighted by atomic mass is 16.5. The molecular weight excluding hydrogens is 424 g/mol. The Kier molecular flexibility index (Phi) is 5.80. The van der Waals surface area contributed by atoms with Crippen molar-refractivity contribution in [3.05, 3.63) is 130 Å². The average Bonchev–Trinajstić information content (AvgIpc) is 3.19. The maximum absolute atomic E-state index is 13.3. The van der Waals surface area contributed by atoms with Crippen molar-refractivity contribution in [3.63, 3.8) is 0 Å². The fraction of sp³-hybridized carbons (Fsp3) is 0.138. The summed E-state index contributed by atoms with van der Waals surface area (Å²) in [5, 5.41) is 9.17. The van der Waals surface area contributed by atoms with Crippen LogP contribution >= 0.6 is 0 Å². The summed E-state index contributed by atoms with van der Waals surface area (Å²) in [6.45, 7) is 0.929. The maximum Gasteiger partial charge on any atom is 0.290 e. The number of nitriles is 1. The number of carbonyl (C=O) groups is 2. The second-order valence-electron chi connectivity index (χ2n) is 8.41. The zero-order valence-corrected chi connectivity index (χ0v) is 18.5. The Balaban J connectivity index is 1.45. The van der Waals surface area contributed by atoms with Gasteiger partial charge in [0.15, 0.2) is 11.5 Å². The Morgan fingerprint density at radius 3 is 2.32 bits per heavy atom. The summed E-state index contributed by atoms with van der Waals surface area (Å²) in [6, 6.07) is 28.4. The van der Waals surface area contributed by atoms with Gasteiger partial charge in [0.2, 0.25) is 0 Å². The van der Waals surface area contributed by atoms with Gasteiger partial charge in [0.25, 0.3) is 5.91 Å². The first kappa shape index (κ1) is 21.4. The SMILES string of the molecule is N#Cc1ccc([C@H]2C=C(CC(=O)c3ccccc3)OC3=C2CN(Cc2ccccc2)C3=O)cc1. The van der Waals surface area contributed by atoms with E-state index >= 15 is 0 Å². The maximum atomic E-state index is 13.3. The van der Waals surface area contributed by atoms with Gasteiger partial charge < -0.3 is 9.64 Å². The predicted molar refractivity (Wildman–Crippen MR) is 127 cm³/mol. The second-order valence-corrected chi connectivity index (χ2v) is 8.41. The topological polar surface area (TPSA) is 70.4 Å². The van der Waals surface area contributed by atoms with Gasteiger partial charge in [0.1, 0.15) is 5.76 Å². The van der Waals surface area contributed by atoms with Crippen LogP contribution in [-0.2, 0) is 16.1 Å². The number of allylic oxidation sites excluding steroid dienone is 2. The molecule has 5 rings (SSSR count). The normalized spacial score (nSPS) is 17.0. The quantitative estimate of drug-likeness (QED) is 0.493. The highest BCUT2D eigenvalue weighted by Crippen LogP contribution is 2.40. The lowest BCUT2D eigenvalue weighted by molar-refractivity contribution is -0.128. The first-order valence-corrected chi connectivity index (χ1v) is 11.2. The Hall–Kier alpha value is -4.43. The van der Waals surface area contributed by atoms with Gasteiger partial charge in [0, 0.05) is 30.1 Å². The number of amides is 1. The van der Waals surface area contributed by atoms with E-state index in [1.165, 1.54) is 0 Å². The van der Waals surface area contributed by atoms with Crippen molar-refractivity contribution in [2.45, 2.75) is 18.9 Å². The number of rotatable bonds is 6. The molecule has 1 amide bonds. The molecule has 0 unspecified atom stereocenters. The number of benzene rings is 3. The fourth-order valence-corrected chi connectivity index (χ4v) is 4.40. The van der Waals surface area contributed by atoms with Crippen LogP contribution in [0.2, 0.25) is 0 Å². The molecule has 3 aromatic rings. The molecule has 0 bridgehead atoms. The Morgan fingerprint density at radius 1 is 0.971 bits per heavy atom. The van der Waals surface area contributed by atoms with Crippen molar-refractivity contribution in [1.29, 1.82) is 5.26 Å². The minimum atomic E-state index is -0.209. The highest BCUT2D eigenvalue weighted by molar-refractivity contribution is 5.98. The van der Waals surface area contributed by atoms with Gasteiger partial charge in [-0.3, -0.25) is 9.59 Å². The van der Waals surface area contributed by atoms with Crippen LogP contribution in [0.3, 0.4) is 0 Å². The molecule has 0 radical (unpaired) electrons. The molecule has 0 fully saturated rings. The van der Waals surface area contributed by atoms with Crippen molar-refractivity contribution in [3.8, 4) is 6.07 Å².